The summed E-state index contributed by atoms with van der Waals surface area (Å²) < 4.78 is 46.3. The van der Waals surface area contributed by atoms with E-state index < -0.39 is 48.9 Å². The minimum atomic E-state index is -1.64. The van der Waals surface area contributed by atoms with Gasteiger partial charge in [-0.1, -0.05) is 0 Å². The third-order valence-corrected chi connectivity index (χ3v) is 5.49. The second kappa shape index (κ2) is 9.67. The van der Waals surface area contributed by atoms with Gasteiger partial charge in [-0.05, 0) is 32.4 Å². The number of methoxy groups -OCH3 is 1. The molecule has 1 unspecified atom stereocenters. The number of aliphatic hydroxyl groups excluding tert-OH is 4. The first kappa shape index (κ1) is 24.3. The van der Waals surface area contributed by atoms with E-state index in [1.54, 1.807) is 11.6 Å². The molecule has 9 nitrogen and oxygen atoms in total. The van der Waals surface area contributed by atoms with Crippen molar-refractivity contribution in [3.63, 3.8) is 0 Å². The molecule has 1 aromatic carbocycles. The molecule has 1 aromatic heterocycles. The Balaban J connectivity index is 1.97. The number of ether oxygens (including phenoxy) is 3. The van der Waals surface area contributed by atoms with Crippen molar-refractivity contribution in [2.75, 3.05) is 13.7 Å². The van der Waals surface area contributed by atoms with Gasteiger partial charge >= 0.3 is 0 Å². The first-order valence-corrected chi connectivity index (χ1v) is 10.2. The molecule has 0 amide bonds. The van der Waals surface area contributed by atoms with Gasteiger partial charge in [0.05, 0.1) is 13.7 Å². The molecule has 1 aliphatic rings. The first-order chi connectivity index (χ1) is 15.1. The van der Waals surface area contributed by atoms with E-state index in [9.17, 15) is 29.2 Å². The Morgan fingerprint density at radius 2 is 1.81 bits per heavy atom. The molecule has 0 aliphatic carbocycles. The van der Waals surface area contributed by atoms with E-state index in [4.69, 9.17) is 14.2 Å². The van der Waals surface area contributed by atoms with Gasteiger partial charge in [-0.3, -0.25) is 4.68 Å². The first-order valence-electron chi connectivity index (χ1n) is 10.2. The van der Waals surface area contributed by atoms with Crippen LogP contribution < -0.4 is 9.47 Å². The molecule has 2 aromatic rings. The maximum atomic E-state index is 14.6. The van der Waals surface area contributed by atoms with Crippen LogP contribution in [-0.4, -0.2) is 74.6 Å². The fourth-order valence-electron chi connectivity index (χ4n) is 3.65. The molecule has 178 valence electrons. The number of rotatable bonds is 7. The molecule has 0 spiro atoms. The number of halogens is 2. The smallest absolute Gasteiger partial charge is 0.239 e. The van der Waals surface area contributed by atoms with E-state index in [0.717, 1.165) is 12.1 Å². The number of aromatic nitrogens is 2. The topological polar surface area (TPSA) is 126 Å². The minimum Gasteiger partial charge on any atom is -0.494 e. The highest BCUT2D eigenvalue weighted by molar-refractivity contribution is 5.39. The largest absolute Gasteiger partial charge is 0.494 e. The number of benzene rings is 1. The molecule has 3 rings (SSSR count). The summed E-state index contributed by atoms with van der Waals surface area (Å²) in [6.07, 6.45) is -7.52. The number of nitrogens with zero attached hydrogens (tertiary/aromatic N) is 2. The molecule has 2 heterocycles. The van der Waals surface area contributed by atoms with E-state index in [1.165, 1.54) is 7.11 Å². The predicted molar refractivity (Wildman–Crippen MR) is 107 cm³/mol. The molecule has 1 aliphatic heterocycles. The van der Waals surface area contributed by atoms with Crippen molar-refractivity contribution >= 4 is 0 Å². The molecular weight excluding hydrogens is 430 g/mol. The van der Waals surface area contributed by atoms with Crippen LogP contribution in [0.4, 0.5) is 8.78 Å². The van der Waals surface area contributed by atoms with Gasteiger partial charge in [0, 0.05) is 29.8 Å². The number of hydrogen-bond acceptors (Lipinski definition) is 8. The van der Waals surface area contributed by atoms with Gasteiger partial charge in [-0.2, -0.15) is 0 Å². The summed E-state index contributed by atoms with van der Waals surface area (Å²) in [5.41, 5.74) is 1.07. The van der Waals surface area contributed by atoms with Crippen LogP contribution in [0.3, 0.4) is 0 Å². The highest BCUT2D eigenvalue weighted by atomic mass is 19.1. The van der Waals surface area contributed by atoms with Gasteiger partial charge in [0.2, 0.25) is 12.2 Å². The third-order valence-electron chi connectivity index (χ3n) is 5.49. The van der Waals surface area contributed by atoms with E-state index in [1.807, 2.05) is 13.8 Å². The molecule has 0 radical (unpaired) electrons. The monoisotopic (exact) mass is 458 g/mol. The Labute approximate surface area is 183 Å². The summed E-state index contributed by atoms with van der Waals surface area (Å²) in [7, 11) is 1.24. The zero-order valence-electron chi connectivity index (χ0n) is 18.2. The molecular formula is C21H28F2N2O7. The highest BCUT2D eigenvalue weighted by Crippen LogP contribution is 2.32. The zero-order valence-corrected chi connectivity index (χ0v) is 18.2. The van der Waals surface area contributed by atoms with Crippen molar-refractivity contribution in [2.45, 2.75) is 63.9 Å². The van der Waals surface area contributed by atoms with Crippen molar-refractivity contribution in [2.24, 2.45) is 0 Å². The van der Waals surface area contributed by atoms with E-state index in [0.29, 0.717) is 11.3 Å². The van der Waals surface area contributed by atoms with Crippen LogP contribution in [0.5, 0.6) is 11.6 Å². The quantitative estimate of drug-likeness (QED) is 0.481. The summed E-state index contributed by atoms with van der Waals surface area (Å²) in [6.45, 7) is 4.86. The maximum Gasteiger partial charge on any atom is 0.239 e. The summed E-state index contributed by atoms with van der Waals surface area (Å²) in [6, 6.07) is 1.88. The van der Waals surface area contributed by atoms with Gasteiger partial charge in [-0.15, -0.1) is 5.10 Å². The lowest BCUT2D eigenvalue weighted by atomic mass is 9.99. The summed E-state index contributed by atoms with van der Waals surface area (Å²) in [5, 5.41) is 44.0. The van der Waals surface area contributed by atoms with Gasteiger partial charge in [-0.25, -0.2) is 8.78 Å². The van der Waals surface area contributed by atoms with Crippen LogP contribution in [0, 0.1) is 18.6 Å². The van der Waals surface area contributed by atoms with Gasteiger partial charge < -0.3 is 34.6 Å². The predicted octanol–water partition coefficient (Wildman–Crippen LogP) is 0.829. The fraction of sp³-hybridized carbons (Fsp3) is 0.571. The summed E-state index contributed by atoms with van der Waals surface area (Å²) >= 11 is 0. The Bertz CT molecular complexity index is 951. The third kappa shape index (κ3) is 4.57. The van der Waals surface area contributed by atoms with E-state index in [-0.39, 0.29) is 29.7 Å². The SMILES string of the molecule is COc1cc(F)c(Cc2c(O[C@@H]3O[C@H](CO)[C@@H](O)C(O)[C@H]3O)nn(C(C)C)c2C)cc1F. The minimum absolute atomic E-state index is 0.0174. The van der Waals surface area contributed by atoms with Crippen molar-refractivity contribution in [3.05, 3.63) is 40.6 Å². The fourth-order valence-corrected chi connectivity index (χ4v) is 3.65. The summed E-state index contributed by atoms with van der Waals surface area (Å²) in [4.78, 5) is 0. The molecule has 4 N–H and O–H groups in total. The lowest BCUT2D eigenvalue weighted by Gasteiger charge is -2.39. The molecule has 32 heavy (non-hydrogen) atoms. The Morgan fingerprint density at radius 3 is 2.41 bits per heavy atom. The summed E-state index contributed by atoms with van der Waals surface area (Å²) in [5.74, 6) is -1.65. The van der Waals surface area contributed by atoms with Crippen LogP contribution >= 0.6 is 0 Å². The van der Waals surface area contributed by atoms with E-state index in [2.05, 4.69) is 5.10 Å². The lowest BCUT2D eigenvalue weighted by Crippen LogP contribution is -2.60. The van der Waals surface area contributed by atoms with Crippen LogP contribution in [0.2, 0.25) is 0 Å². The molecule has 1 saturated heterocycles. The second-order valence-electron chi connectivity index (χ2n) is 7.98. The van der Waals surface area contributed by atoms with Crippen molar-refractivity contribution in [1.82, 2.24) is 9.78 Å². The maximum absolute atomic E-state index is 14.6. The zero-order chi connectivity index (χ0) is 23.7. The molecule has 11 heteroatoms. The molecule has 5 atom stereocenters. The second-order valence-corrected chi connectivity index (χ2v) is 7.98. The number of hydrogen-bond donors (Lipinski definition) is 4. The van der Waals surface area contributed by atoms with Crippen LogP contribution in [-0.2, 0) is 11.2 Å². The molecule has 0 bridgehead atoms. The Kier molecular flexibility index (Phi) is 7.36. The van der Waals surface area contributed by atoms with Gasteiger partial charge in [0.1, 0.15) is 30.2 Å². The average molecular weight is 458 g/mol. The standard InChI is InChI=1S/C21H28F2N2O7/c1-9(2)25-10(3)12(5-11-6-14(23)15(30-4)7-13(11)22)20(24-25)32-21-19(29)18(28)17(27)16(8-26)31-21/h6-7,9,16-19,21,26-29H,5,8H2,1-4H3/t16-,17-,18?,19-,21+/m1/s1. The number of aliphatic hydroxyl groups is 4. The average Bonchev–Trinajstić information content (AvgIpc) is 3.06. The van der Waals surface area contributed by atoms with E-state index >= 15 is 0 Å². The Morgan fingerprint density at radius 1 is 1.12 bits per heavy atom. The Hall–Kier alpha value is -2.31. The normalized spacial score (nSPS) is 25.9. The van der Waals surface area contributed by atoms with Crippen LogP contribution in [0.25, 0.3) is 0 Å². The van der Waals surface area contributed by atoms with Crippen molar-refractivity contribution in [1.29, 1.82) is 0 Å². The van der Waals surface area contributed by atoms with Gasteiger partial charge in [0.15, 0.2) is 11.6 Å². The van der Waals surface area contributed by atoms with Crippen molar-refractivity contribution < 1.29 is 43.4 Å². The van der Waals surface area contributed by atoms with Gasteiger partial charge in [0.25, 0.3) is 0 Å². The van der Waals surface area contributed by atoms with Crippen LogP contribution in [0.15, 0.2) is 12.1 Å². The highest BCUT2D eigenvalue weighted by Gasteiger charge is 2.45. The molecule has 0 saturated carbocycles. The molecule has 1 fully saturated rings. The van der Waals surface area contributed by atoms with Crippen LogP contribution in [0.1, 0.15) is 36.7 Å². The van der Waals surface area contributed by atoms with Crippen molar-refractivity contribution in [3.8, 4) is 11.6 Å². The lowest BCUT2D eigenvalue weighted by molar-refractivity contribution is -0.278.